The Labute approximate surface area is 200 Å². The first-order valence-corrected chi connectivity index (χ1v) is 10.3. The smallest absolute Gasteiger partial charge is 0.248 e. The van der Waals surface area contributed by atoms with Gasteiger partial charge in [-0.3, -0.25) is 9.79 Å². The number of amides is 1. The van der Waals surface area contributed by atoms with Crippen LogP contribution in [0.5, 0.6) is 11.5 Å². The first kappa shape index (κ1) is 24.8. The van der Waals surface area contributed by atoms with Crippen molar-refractivity contribution >= 4 is 35.8 Å². The minimum Gasteiger partial charge on any atom is -0.493 e. The van der Waals surface area contributed by atoms with Gasteiger partial charge in [0.1, 0.15) is 0 Å². The van der Waals surface area contributed by atoms with Crippen LogP contribution in [0.25, 0.3) is 0 Å². The van der Waals surface area contributed by atoms with Gasteiger partial charge in [0.15, 0.2) is 17.5 Å². The molecule has 0 unspecified atom stereocenters. The second-order valence-corrected chi connectivity index (χ2v) is 7.31. The third-order valence-corrected chi connectivity index (χ3v) is 5.24. The summed E-state index contributed by atoms with van der Waals surface area (Å²) < 4.78 is 11.8. The van der Waals surface area contributed by atoms with E-state index < -0.39 is 5.91 Å². The number of nitrogens with two attached hydrogens (primary N) is 1. The molecular weight excluding hydrogens is 507 g/mol. The Bertz CT molecular complexity index is 881. The molecule has 0 heterocycles. The second kappa shape index (κ2) is 12.4. The number of nitrogens with one attached hydrogen (secondary N) is 2. The standard InChI is InChI=1S/C23H30N4O3.HI/c1-25-23(26-14-16-10-12-17(13-11-16)22(24)28)27-15-18-6-5-9-20(29-2)21(18)30-19-7-3-4-8-19;/h5-6,9-13,19H,3-4,7-8,14-15H2,1-2H3,(H2,24,28)(H2,25,26,27);1H. The number of aliphatic imine (C=N–C) groups is 1. The zero-order valence-electron chi connectivity index (χ0n) is 18.0. The highest BCUT2D eigenvalue weighted by molar-refractivity contribution is 14.0. The number of rotatable bonds is 8. The van der Waals surface area contributed by atoms with Gasteiger partial charge in [-0.25, -0.2) is 0 Å². The number of para-hydroxylation sites is 1. The Hall–Kier alpha value is -2.49. The summed E-state index contributed by atoms with van der Waals surface area (Å²) in [5, 5.41) is 6.61. The molecule has 31 heavy (non-hydrogen) atoms. The van der Waals surface area contributed by atoms with Gasteiger partial charge in [0, 0.05) is 31.3 Å². The molecule has 4 N–H and O–H groups in total. The Morgan fingerprint density at radius 3 is 2.39 bits per heavy atom. The molecule has 1 aliphatic rings. The van der Waals surface area contributed by atoms with Crippen LogP contribution in [0.15, 0.2) is 47.5 Å². The average Bonchev–Trinajstić information content (AvgIpc) is 3.28. The summed E-state index contributed by atoms with van der Waals surface area (Å²) in [6.07, 6.45) is 4.85. The molecule has 0 atom stereocenters. The van der Waals surface area contributed by atoms with Crippen molar-refractivity contribution in [2.75, 3.05) is 14.2 Å². The quantitative estimate of drug-likeness (QED) is 0.271. The summed E-state index contributed by atoms with van der Waals surface area (Å²) in [4.78, 5) is 15.5. The summed E-state index contributed by atoms with van der Waals surface area (Å²) in [6.45, 7) is 1.13. The number of benzene rings is 2. The van der Waals surface area contributed by atoms with Gasteiger partial charge in [-0.2, -0.15) is 0 Å². The lowest BCUT2D eigenvalue weighted by molar-refractivity contribution is 0.100. The molecule has 168 valence electrons. The summed E-state index contributed by atoms with van der Waals surface area (Å²) in [6, 6.07) is 13.1. The van der Waals surface area contributed by atoms with Crippen molar-refractivity contribution in [3.05, 3.63) is 59.2 Å². The zero-order valence-corrected chi connectivity index (χ0v) is 20.3. The molecular formula is C23H31IN4O3. The highest BCUT2D eigenvalue weighted by Gasteiger charge is 2.20. The second-order valence-electron chi connectivity index (χ2n) is 7.31. The van der Waals surface area contributed by atoms with E-state index in [1.54, 1.807) is 26.3 Å². The Morgan fingerprint density at radius 1 is 1.10 bits per heavy atom. The van der Waals surface area contributed by atoms with Crippen LogP contribution in [-0.2, 0) is 13.1 Å². The summed E-state index contributed by atoms with van der Waals surface area (Å²) in [5.41, 5.74) is 7.82. The number of carbonyl (C=O) groups is 1. The zero-order chi connectivity index (χ0) is 21.3. The molecule has 1 aliphatic carbocycles. The van der Waals surface area contributed by atoms with Crippen molar-refractivity contribution < 1.29 is 14.3 Å². The monoisotopic (exact) mass is 538 g/mol. The first-order chi connectivity index (χ1) is 14.6. The third-order valence-electron chi connectivity index (χ3n) is 5.24. The number of primary amides is 1. The van der Waals surface area contributed by atoms with E-state index >= 15 is 0 Å². The third kappa shape index (κ3) is 7.02. The van der Waals surface area contributed by atoms with Crippen LogP contribution in [0, 0.1) is 0 Å². The van der Waals surface area contributed by atoms with E-state index in [0.29, 0.717) is 24.6 Å². The molecule has 2 aromatic rings. The van der Waals surface area contributed by atoms with Crippen LogP contribution >= 0.6 is 24.0 Å². The van der Waals surface area contributed by atoms with E-state index in [9.17, 15) is 4.79 Å². The van der Waals surface area contributed by atoms with E-state index in [1.807, 2.05) is 30.3 Å². The maximum absolute atomic E-state index is 11.2. The SMILES string of the molecule is CN=C(NCc1ccc(C(N)=O)cc1)NCc1cccc(OC)c1OC1CCCC1.I. The van der Waals surface area contributed by atoms with E-state index in [2.05, 4.69) is 15.6 Å². The molecule has 0 saturated heterocycles. The Morgan fingerprint density at radius 2 is 1.77 bits per heavy atom. The minimum absolute atomic E-state index is 0. The number of methoxy groups -OCH3 is 1. The molecule has 3 rings (SSSR count). The lowest BCUT2D eigenvalue weighted by Crippen LogP contribution is -2.36. The Kier molecular flexibility index (Phi) is 9.90. The number of hydrogen-bond acceptors (Lipinski definition) is 4. The number of ether oxygens (including phenoxy) is 2. The van der Waals surface area contributed by atoms with Gasteiger partial charge in [-0.15, -0.1) is 24.0 Å². The van der Waals surface area contributed by atoms with Crippen molar-refractivity contribution in [1.82, 2.24) is 10.6 Å². The van der Waals surface area contributed by atoms with Crippen LogP contribution in [0.2, 0.25) is 0 Å². The number of carbonyl (C=O) groups excluding carboxylic acids is 1. The van der Waals surface area contributed by atoms with E-state index in [0.717, 1.165) is 35.5 Å². The maximum Gasteiger partial charge on any atom is 0.248 e. The van der Waals surface area contributed by atoms with Gasteiger partial charge in [0.25, 0.3) is 0 Å². The van der Waals surface area contributed by atoms with Gasteiger partial charge < -0.3 is 25.8 Å². The molecule has 8 heteroatoms. The summed E-state index contributed by atoms with van der Waals surface area (Å²) in [7, 11) is 3.39. The van der Waals surface area contributed by atoms with Crippen molar-refractivity contribution in [3.8, 4) is 11.5 Å². The van der Waals surface area contributed by atoms with Gasteiger partial charge in [0.2, 0.25) is 5.91 Å². The van der Waals surface area contributed by atoms with Crippen LogP contribution < -0.4 is 25.8 Å². The van der Waals surface area contributed by atoms with E-state index in [-0.39, 0.29) is 30.1 Å². The van der Waals surface area contributed by atoms with Crippen LogP contribution in [0.1, 0.15) is 47.2 Å². The van der Waals surface area contributed by atoms with Gasteiger partial charge in [0.05, 0.1) is 13.2 Å². The topological polar surface area (TPSA) is 98.0 Å². The predicted octanol–water partition coefficient (Wildman–Crippen LogP) is 3.60. The van der Waals surface area contributed by atoms with Gasteiger partial charge in [-0.1, -0.05) is 24.3 Å². The largest absolute Gasteiger partial charge is 0.493 e. The fourth-order valence-electron chi connectivity index (χ4n) is 3.54. The van der Waals surface area contributed by atoms with Crippen molar-refractivity contribution in [2.24, 2.45) is 10.7 Å². The first-order valence-electron chi connectivity index (χ1n) is 10.3. The lowest BCUT2D eigenvalue weighted by Gasteiger charge is -2.20. The average molecular weight is 538 g/mol. The summed E-state index contributed by atoms with van der Waals surface area (Å²) >= 11 is 0. The molecule has 1 fully saturated rings. The fraction of sp³-hybridized carbons (Fsp3) is 0.391. The number of halogens is 1. The molecule has 1 amide bonds. The molecule has 0 spiro atoms. The number of hydrogen-bond donors (Lipinski definition) is 3. The summed E-state index contributed by atoms with van der Waals surface area (Å²) in [5.74, 6) is 1.79. The van der Waals surface area contributed by atoms with E-state index in [4.69, 9.17) is 15.2 Å². The van der Waals surface area contributed by atoms with Crippen molar-refractivity contribution in [2.45, 2.75) is 44.9 Å². The number of nitrogens with zero attached hydrogens (tertiary/aromatic N) is 1. The maximum atomic E-state index is 11.2. The van der Waals surface area contributed by atoms with Crippen LogP contribution in [0.3, 0.4) is 0 Å². The molecule has 7 nitrogen and oxygen atoms in total. The normalized spacial score (nSPS) is 13.9. The molecule has 0 aliphatic heterocycles. The number of guanidine groups is 1. The predicted molar refractivity (Wildman–Crippen MR) is 133 cm³/mol. The fourth-order valence-corrected chi connectivity index (χ4v) is 3.54. The van der Waals surface area contributed by atoms with Crippen LogP contribution in [-0.4, -0.2) is 32.1 Å². The Balaban J connectivity index is 0.00000341. The highest BCUT2D eigenvalue weighted by Crippen LogP contribution is 2.34. The molecule has 1 saturated carbocycles. The molecule has 0 radical (unpaired) electrons. The molecule has 0 bridgehead atoms. The highest BCUT2D eigenvalue weighted by atomic mass is 127. The van der Waals surface area contributed by atoms with E-state index in [1.165, 1.54) is 12.8 Å². The van der Waals surface area contributed by atoms with Gasteiger partial charge >= 0.3 is 0 Å². The van der Waals surface area contributed by atoms with Crippen molar-refractivity contribution in [3.63, 3.8) is 0 Å². The lowest BCUT2D eigenvalue weighted by atomic mass is 10.1. The van der Waals surface area contributed by atoms with Crippen molar-refractivity contribution in [1.29, 1.82) is 0 Å². The minimum atomic E-state index is -0.430. The van der Waals surface area contributed by atoms with Gasteiger partial charge in [-0.05, 0) is 49.4 Å². The van der Waals surface area contributed by atoms with Crippen LogP contribution in [0.4, 0.5) is 0 Å². The molecule has 2 aromatic carbocycles. The molecule has 0 aromatic heterocycles.